The maximum Gasteiger partial charge on any atom is 0.220 e. The van der Waals surface area contributed by atoms with E-state index in [1.807, 2.05) is 6.92 Å². The number of nitrogens with one attached hydrogen (secondary N) is 1. The minimum Gasteiger partial charge on any atom is -0.494 e. The van der Waals surface area contributed by atoms with Crippen molar-refractivity contribution in [1.82, 2.24) is 5.32 Å². The van der Waals surface area contributed by atoms with Gasteiger partial charge in [0.2, 0.25) is 5.91 Å². The van der Waals surface area contributed by atoms with Crippen LogP contribution in [-0.2, 0) is 4.79 Å². The van der Waals surface area contributed by atoms with Gasteiger partial charge in [-0.1, -0.05) is 18.9 Å². The van der Waals surface area contributed by atoms with Crippen LogP contribution in [0.3, 0.4) is 0 Å². The molecule has 0 radical (unpaired) electrons. The van der Waals surface area contributed by atoms with E-state index in [-0.39, 0.29) is 29.7 Å². The number of nitrogens with two attached hydrogens (primary N) is 1. The smallest absolute Gasteiger partial charge is 0.220 e. The molecule has 0 aliphatic heterocycles. The molecule has 3 unspecified atom stereocenters. The topological polar surface area (TPSA) is 64.3 Å². The molecule has 1 aliphatic rings. The molecule has 5 heteroatoms. The van der Waals surface area contributed by atoms with Gasteiger partial charge in [0.05, 0.1) is 13.2 Å². The minimum atomic E-state index is -0.421. The summed E-state index contributed by atoms with van der Waals surface area (Å²) in [5, 5.41) is 2.93. The third-order valence-electron chi connectivity index (χ3n) is 4.47. The van der Waals surface area contributed by atoms with Crippen molar-refractivity contribution in [3.63, 3.8) is 0 Å². The molecule has 4 nitrogen and oxygen atoms in total. The predicted molar refractivity (Wildman–Crippen MR) is 84.1 cm³/mol. The highest BCUT2D eigenvalue weighted by Crippen LogP contribution is 2.26. The number of carbonyl (C=O) groups is 1. The molecule has 0 saturated heterocycles. The Kier molecular flexibility index (Phi) is 5.77. The molecular weight excluding hydrogens is 283 g/mol. The molecule has 0 heterocycles. The molecule has 22 heavy (non-hydrogen) atoms. The zero-order valence-electron chi connectivity index (χ0n) is 13.3. The molecule has 1 aliphatic carbocycles. The number of halogens is 1. The summed E-state index contributed by atoms with van der Waals surface area (Å²) in [6, 6.07) is 4.61. The Balaban J connectivity index is 1.91. The molecule has 1 aromatic carbocycles. The monoisotopic (exact) mass is 308 g/mol. The summed E-state index contributed by atoms with van der Waals surface area (Å²) in [5.74, 6) is 0.0190. The van der Waals surface area contributed by atoms with Crippen molar-refractivity contribution in [3.8, 4) is 5.75 Å². The van der Waals surface area contributed by atoms with Crippen LogP contribution in [0.4, 0.5) is 4.39 Å². The molecule has 0 bridgehead atoms. The van der Waals surface area contributed by atoms with Crippen molar-refractivity contribution >= 4 is 5.91 Å². The summed E-state index contributed by atoms with van der Waals surface area (Å²) in [7, 11) is 1.43. The van der Waals surface area contributed by atoms with Crippen LogP contribution in [0.15, 0.2) is 18.2 Å². The lowest BCUT2D eigenvalue weighted by Crippen LogP contribution is -2.37. The molecule has 3 N–H and O–H groups in total. The van der Waals surface area contributed by atoms with Gasteiger partial charge in [-0.15, -0.1) is 0 Å². The maximum atomic E-state index is 13.7. The Morgan fingerprint density at radius 1 is 1.45 bits per heavy atom. The lowest BCUT2D eigenvalue weighted by Gasteiger charge is -2.28. The van der Waals surface area contributed by atoms with Gasteiger partial charge in [-0.2, -0.15) is 0 Å². The van der Waals surface area contributed by atoms with Crippen LogP contribution in [0.1, 0.15) is 50.6 Å². The molecule has 0 aromatic heterocycles. The fraction of sp³-hybridized carbons (Fsp3) is 0.588. The van der Waals surface area contributed by atoms with Crippen molar-refractivity contribution in [2.24, 2.45) is 11.7 Å². The van der Waals surface area contributed by atoms with E-state index in [0.717, 1.165) is 31.2 Å². The van der Waals surface area contributed by atoms with Crippen LogP contribution in [0, 0.1) is 11.7 Å². The Morgan fingerprint density at radius 3 is 2.82 bits per heavy atom. The van der Waals surface area contributed by atoms with Crippen LogP contribution in [0.25, 0.3) is 0 Å². The largest absolute Gasteiger partial charge is 0.494 e. The van der Waals surface area contributed by atoms with E-state index in [4.69, 9.17) is 10.5 Å². The van der Waals surface area contributed by atoms with Gasteiger partial charge in [-0.05, 0) is 43.4 Å². The lowest BCUT2D eigenvalue weighted by atomic mass is 9.83. The lowest BCUT2D eigenvalue weighted by molar-refractivity contribution is -0.123. The number of methoxy groups -OCH3 is 1. The summed E-state index contributed by atoms with van der Waals surface area (Å²) in [6.07, 6.45) is 4.76. The second-order valence-corrected chi connectivity index (χ2v) is 6.10. The van der Waals surface area contributed by atoms with Crippen LogP contribution < -0.4 is 15.8 Å². The number of rotatable bonds is 5. The van der Waals surface area contributed by atoms with Crippen LogP contribution in [-0.4, -0.2) is 19.1 Å². The van der Waals surface area contributed by atoms with Gasteiger partial charge in [0.1, 0.15) is 0 Å². The zero-order valence-corrected chi connectivity index (χ0v) is 13.3. The number of hydrogen-bond acceptors (Lipinski definition) is 3. The SMILES string of the molecule is COc1ccc(C(C)NC(=O)CC2CCCCC2N)cc1F. The Morgan fingerprint density at radius 2 is 2.18 bits per heavy atom. The zero-order chi connectivity index (χ0) is 16.1. The Bertz CT molecular complexity index is 521. The van der Waals surface area contributed by atoms with Crippen molar-refractivity contribution in [2.75, 3.05) is 7.11 Å². The summed E-state index contributed by atoms with van der Waals surface area (Å²) in [6.45, 7) is 1.85. The van der Waals surface area contributed by atoms with Gasteiger partial charge < -0.3 is 15.8 Å². The van der Waals surface area contributed by atoms with Gasteiger partial charge in [-0.3, -0.25) is 4.79 Å². The number of hydrogen-bond donors (Lipinski definition) is 2. The molecular formula is C17H25FN2O2. The third-order valence-corrected chi connectivity index (χ3v) is 4.47. The fourth-order valence-corrected chi connectivity index (χ4v) is 3.06. The summed E-state index contributed by atoms with van der Waals surface area (Å²) in [5.41, 5.74) is 6.80. The van der Waals surface area contributed by atoms with E-state index in [9.17, 15) is 9.18 Å². The standard InChI is InChI=1S/C17H25FN2O2/c1-11(12-7-8-16(22-2)14(18)9-12)20-17(21)10-13-5-3-4-6-15(13)19/h7-9,11,13,15H,3-6,10,19H2,1-2H3,(H,20,21). The fourth-order valence-electron chi connectivity index (χ4n) is 3.06. The minimum absolute atomic E-state index is 0.0222. The molecule has 1 saturated carbocycles. The Hall–Kier alpha value is -1.62. The molecule has 0 spiro atoms. The number of ether oxygens (including phenoxy) is 1. The van der Waals surface area contributed by atoms with E-state index < -0.39 is 5.82 Å². The normalized spacial score (nSPS) is 22.9. The second kappa shape index (κ2) is 7.58. The van der Waals surface area contributed by atoms with Crippen LogP contribution >= 0.6 is 0 Å². The highest BCUT2D eigenvalue weighted by molar-refractivity contribution is 5.76. The van der Waals surface area contributed by atoms with E-state index in [1.165, 1.54) is 13.2 Å². The number of carbonyl (C=O) groups excluding carboxylic acids is 1. The van der Waals surface area contributed by atoms with E-state index in [1.54, 1.807) is 12.1 Å². The molecule has 122 valence electrons. The second-order valence-electron chi connectivity index (χ2n) is 6.10. The first-order valence-corrected chi connectivity index (χ1v) is 7.89. The summed E-state index contributed by atoms with van der Waals surface area (Å²) < 4.78 is 18.6. The first kappa shape index (κ1) is 16.7. The first-order chi connectivity index (χ1) is 10.5. The van der Waals surface area contributed by atoms with Gasteiger partial charge >= 0.3 is 0 Å². The van der Waals surface area contributed by atoms with E-state index in [0.29, 0.717) is 6.42 Å². The predicted octanol–water partition coefficient (Wildman–Crippen LogP) is 2.92. The quantitative estimate of drug-likeness (QED) is 0.879. The molecule has 3 atom stereocenters. The van der Waals surface area contributed by atoms with Gasteiger partial charge in [-0.25, -0.2) is 4.39 Å². The molecule has 1 aromatic rings. The average molecular weight is 308 g/mol. The van der Waals surface area contributed by atoms with Crippen molar-refractivity contribution < 1.29 is 13.9 Å². The number of benzene rings is 1. The van der Waals surface area contributed by atoms with Crippen LogP contribution in [0.2, 0.25) is 0 Å². The molecule has 1 amide bonds. The van der Waals surface area contributed by atoms with Crippen molar-refractivity contribution in [3.05, 3.63) is 29.6 Å². The van der Waals surface area contributed by atoms with Gasteiger partial charge in [0.15, 0.2) is 11.6 Å². The van der Waals surface area contributed by atoms with E-state index in [2.05, 4.69) is 5.32 Å². The van der Waals surface area contributed by atoms with Crippen molar-refractivity contribution in [2.45, 2.75) is 51.1 Å². The Labute approximate surface area is 131 Å². The van der Waals surface area contributed by atoms with Gasteiger partial charge in [0.25, 0.3) is 0 Å². The van der Waals surface area contributed by atoms with Crippen LogP contribution in [0.5, 0.6) is 5.75 Å². The van der Waals surface area contributed by atoms with Crippen molar-refractivity contribution in [1.29, 1.82) is 0 Å². The number of amides is 1. The highest BCUT2D eigenvalue weighted by Gasteiger charge is 2.24. The average Bonchev–Trinajstić information content (AvgIpc) is 2.49. The van der Waals surface area contributed by atoms with E-state index >= 15 is 0 Å². The molecule has 1 fully saturated rings. The summed E-state index contributed by atoms with van der Waals surface area (Å²) >= 11 is 0. The molecule has 2 rings (SSSR count). The summed E-state index contributed by atoms with van der Waals surface area (Å²) in [4.78, 5) is 12.2. The maximum absolute atomic E-state index is 13.7. The first-order valence-electron chi connectivity index (χ1n) is 7.89. The third kappa shape index (κ3) is 4.19. The highest BCUT2D eigenvalue weighted by atomic mass is 19.1. The van der Waals surface area contributed by atoms with Gasteiger partial charge in [0, 0.05) is 12.5 Å².